The second-order valence-corrected chi connectivity index (χ2v) is 5.79. The summed E-state index contributed by atoms with van der Waals surface area (Å²) in [6, 6.07) is 0. The van der Waals surface area contributed by atoms with Crippen LogP contribution in [-0.2, 0) is 22.4 Å². The lowest BCUT2D eigenvalue weighted by Gasteiger charge is -2.15. The number of rotatable bonds is 5. The molecule has 0 radical (unpaired) electrons. The summed E-state index contributed by atoms with van der Waals surface area (Å²) in [5.41, 5.74) is 0.178. The Bertz CT molecular complexity index is 633. The van der Waals surface area contributed by atoms with Crippen LogP contribution in [0, 0.1) is 13.8 Å². The van der Waals surface area contributed by atoms with Crippen molar-refractivity contribution in [1.29, 1.82) is 0 Å². The molecule has 0 bridgehead atoms. The Morgan fingerprint density at radius 1 is 1.26 bits per heavy atom. The van der Waals surface area contributed by atoms with Crippen LogP contribution in [0.5, 0.6) is 5.88 Å². The molecule has 1 rings (SSSR count). The average molecular weight is 290 g/mol. The van der Waals surface area contributed by atoms with Crippen LogP contribution in [-0.4, -0.2) is 36.2 Å². The second-order valence-electron chi connectivity index (χ2n) is 4.34. The largest absolute Gasteiger partial charge is 0.494 e. The molecule has 0 aliphatic heterocycles. The van der Waals surface area contributed by atoms with Crippen LogP contribution in [0.15, 0.2) is 4.79 Å². The fourth-order valence-corrected chi connectivity index (χ4v) is 2.50. The highest BCUT2D eigenvalue weighted by Gasteiger charge is 2.20. The molecule has 0 saturated heterocycles. The first kappa shape index (κ1) is 15.7. The van der Waals surface area contributed by atoms with Gasteiger partial charge >= 0.3 is 0 Å². The van der Waals surface area contributed by atoms with Gasteiger partial charge in [-0.2, -0.15) is 8.42 Å². The van der Waals surface area contributed by atoms with E-state index in [9.17, 15) is 18.3 Å². The molecule has 0 fully saturated rings. The molecule has 7 nitrogen and oxygen atoms in total. The molecule has 0 amide bonds. The van der Waals surface area contributed by atoms with Gasteiger partial charge in [0.05, 0.1) is 0 Å². The quantitative estimate of drug-likeness (QED) is 0.647. The molecule has 3 N–H and O–H groups in total. The SMILES string of the molecule is CNCCn1c(O)c(C)c(C)c(CS(=O)(=O)O)c1=O. The van der Waals surface area contributed by atoms with Crippen LogP contribution in [0.2, 0.25) is 0 Å². The molecule has 19 heavy (non-hydrogen) atoms. The summed E-state index contributed by atoms with van der Waals surface area (Å²) in [5.74, 6) is -0.935. The maximum absolute atomic E-state index is 12.1. The zero-order valence-electron chi connectivity index (χ0n) is 11.1. The average Bonchev–Trinajstić information content (AvgIpc) is 2.31. The standard InChI is InChI=1S/C11H18N2O5S/c1-7-8(2)10(14)13(5-4-12-3)11(15)9(7)6-19(16,17)18/h12,14H,4-6H2,1-3H3,(H,16,17,18). The van der Waals surface area contributed by atoms with Gasteiger partial charge < -0.3 is 10.4 Å². The Balaban J connectivity index is 3.47. The topological polar surface area (TPSA) is 109 Å². The molecule has 0 saturated carbocycles. The van der Waals surface area contributed by atoms with Crippen LogP contribution < -0.4 is 10.9 Å². The van der Waals surface area contributed by atoms with Gasteiger partial charge in [0, 0.05) is 24.2 Å². The van der Waals surface area contributed by atoms with Crippen molar-refractivity contribution in [2.24, 2.45) is 0 Å². The normalized spacial score (nSPS) is 11.8. The van der Waals surface area contributed by atoms with Crippen LogP contribution >= 0.6 is 0 Å². The van der Waals surface area contributed by atoms with E-state index in [1.54, 1.807) is 20.9 Å². The molecule has 0 unspecified atom stereocenters. The number of pyridine rings is 1. The van der Waals surface area contributed by atoms with Gasteiger partial charge in [0.25, 0.3) is 15.7 Å². The van der Waals surface area contributed by atoms with Crippen LogP contribution in [0.3, 0.4) is 0 Å². The minimum atomic E-state index is -4.30. The Labute approximate surface area is 111 Å². The number of nitrogens with zero attached hydrogens (tertiary/aromatic N) is 1. The fraction of sp³-hybridized carbons (Fsp3) is 0.545. The third kappa shape index (κ3) is 3.55. The first-order valence-electron chi connectivity index (χ1n) is 5.70. The summed E-state index contributed by atoms with van der Waals surface area (Å²) in [4.78, 5) is 12.1. The molecule has 0 aliphatic carbocycles. The minimum absolute atomic E-state index is 0.0195. The van der Waals surface area contributed by atoms with Crippen LogP contribution in [0.1, 0.15) is 16.7 Å². The summed E-state index contributed by atoms with van der Waals surface area (Å²) >= 11 is 0. The second kappa shape index (κ2) is 5.72. The van der Waals surface area contributed by atoms with Crippen molar-refractivity contribution in [3.8, 4) is 5.88 Å². The van der Waals surface area contributed by atoms with E-state index < -0.39 is 21.4 Å². The van der Waals surface area contributed by atoms with Gasteiger partial charge in [-0.1, -0.05) is 0 Å². The monoisotopic (exact) mass is 290 g/mol. The van der Waals surface area contributed by atoms with Crippen molar-refractivity contribution < 1.29 is 18.1 Å². The number of aromatic nitrogens is 1. The van der Waals surface area contributed by atoms with E-state index in [0.29, 0.717) is 17.7 Å². The number of hydrogen-bond acceptors (Lipinski definition) is 5. The van der Waals surface area contributed by atoms with E-state index in [2.05, 4.69) is 5.32 Å². The molecule has 0 spiro atoms. The molecule has 1 aromatic rings. The van der Waals surface area contributed by atoms with Gasteiger partial charge in [-0.05, 0) is 26.5 Å². The zero-order valence-corrected chi connectivity index (χ0v) is 11.9. The number of hydrogen-bond donors (Lipinski definition) is 3. The predicted octanol–water partition coefficient (Wildman–Crippen LogP) is -0.222. The third-order valence-corrected chi connectivity index (χ3v) is 3.68. The van der Waals surface area contributed by atoms with Crippen LogP contribution in [0.4, 0.5) is 0 Å². The smallest absolute Gasteiger partial charge is 0.269 e. The lowest BCUT2D eigenvalue weighted by atomic mass is 10.1. The molecule has 1 heterocycles. The third-order valence-electron chi connectivity index (χ3n) is 3.02. The first-order valence-corrected chi connectivity index (χ1v) is 7.31. The molecule has 0 aliphatic rings. The molecule has 0 aromatic carbocycles. The lowest BCUT2D eigenvalue weighted by molar-refractivity contribution is 0.398. The van der Waals surface area contributed by atoms with E-state index in [1.807, 2.05) is 0 Å². The van der Waals surface area contributed by atoms with Crippen molar-refractivity contribution in [1.82, 2.24) is 9.88 Å². The van der Waals surface area contributed by atoms with Gasteiger partial charge in [-0.25, -0.2) is 0 Å². The maximum atomic E-state index is 12.1. The van der Waals surface area contributed by atoms with Crippen LogP contribution in [0.25, 0.3) is 0 Å². The fourth-order valence-electron chi connectivity index (χ4n) is 1.80. The van der Waals surface area contributed by atoms with E-state index >= 15 is 0 Å². The van der Waals surface area contributed by atoms with Crippen molar-refractivity contribution in [3.63, 3.8) is 0 Å². The van der Waals surface area contributed by atoms with Crippen molar-refractivity contribution in [2.45, 2.75) is 26.1 Å². The highest BCUT2D eigenvalue weighted by atomic mass is 32.2. The number of likely N-dealkylation sites (N-methyl/N-ethyl adjacent to an activating group) is 1. The molecule has 0 atom stereocenters. The van der Waals surface area contributed by atoms with Gasteiger partial charge in [0.1, 0.15) is 5.75 Å². The van der Waals surface area contributed by atoms with E-state index in [1.165, 1.54) is 0 Å². The van der Waals surface area contributed by atoms with Gasteiger partial charge in [0.2, 0.25) is 0 Å². The lowest BCUT2D eigenvalue weighted by Crippen LogP contribution is -2.30. The van der Waals surface area contributed by atoms with Crippen molar-refractivity contribution in [2.75, 3.05) is 13.6 Å². The summed E-state index contributed by atoms with van der Waals surface area (Å²) in [7, 11) is -2.60. The first-order chi connectivity index (χ1) is 8.69. The van der Waals surface area contributed by atoms with Gasteiger partial charge in [-0.3, -0.25) is 13.9 Å². The Kier molecular flexibility index (Phi) is 4.72. The Morgan fingerprint density at radius 3 is 2.32 bits per heavy atom. The van der Waals surface area contributed by atoms with E-state index in [4.69, 9.17) is 4.55 Å². The zero-order chi connectivity index (χ0) is 14.8. The van der Waals surface area contributed by atoms with Gasteiger partial charge in [0.15, 0.2) is 5.88 Å². The molecular formula is C11H18N2O5S. The predicted molar refractivity (Wildman–Crippen MR) is 71.0 cm³/mol. The number of aromatic hydroxyl groups is 1. The molecule has 1 aromatic heterocycles. The van der Waals surface area contributed by atoms with E-state index in [-0.39, 0.29) is 18.0 Å². The summed E-state index contributed by atoms with van der Waals surface area (Å²) in [5, 5.41) is 12.8. The van der Waals surface area contributed by atoms with Crippen molar-refractivity contribution >= 4 is 10.1 Å². The molecule has 108 valence electrons. The summed E-state index contributed by atoms with van der Waals surface area (Å²) < 4.78 is 31.9. The number of nitrogens with one attached hydrogen (secondary N) is 1. The van der Waals surface area contributed by atoms with E-state index in [0.717, 1.165) is 4.57 Å². The maximum Gasteiger partial charge on any atom is 0.269 e. The summed E-state index contributed by atoms with van der Waals surface area (Å²) in [6.07, 6.45) is 0. The molecular weight excluding hydrogens is 272 g/mol. The summed E-state index contributed by atoms with van der Waals surface area (Å²) in [6.45, 7) is 3.79. The van der Waals surface area contributed by atoms with Gasteiger partial charge in [-0.15, -0.1) is 0 Å². The highest BCUT2D eigenvalue weighted by molar-refractivity contribution is 7.85. The Hall–Kier alpha value is -1.38. The molecule has 8 heteroatoms. The highest BCUT2D eigenvalue weighted by Crippen LogP contribution is 2.21. The minimum Gasteiger partial charge on any atom is -0.494 e. The Morgan fingerprint density at radius 2 is 1.84 bits per heavy atom. The van der Waals surface area contributed by atoms with Crippen molar-refractivity contribution in [3.05, 3.63) is 27.0 Å².